The van der Waals surface area contributed by atoms with Crippen molar-refractivity contribution in [3.05, 3.63) is 12.4 Å². The first-order valence-corrected chi connectivity index (χ1v) is 11.1. The largest absolute Gasteiger partial charge is 0.498 e. The van der Waals surface area contributed by atoms with E-state index in [1.807, 2.05) is 12.4 Å². The number of rotatable bonds is 7. The molecule has 0 radical (unpaired) electrons. The van der Waals surface area contributed by atoms with Crippen molar-refractivity contribution in [2.45, 2.75) is 70.6 Å². The van der Waals surface area contributed by atoms with Gasteiger partial charge in [0.05, 0.1) is 17.8 Å². The van der Waals surface area contributed by atoms with Crippen molar-refractivity contribution in [2.24, 2.45) is 5.92 Å². The number of anilines is 1. The highest BCUT2D eigenvalue weighted by Gasteiger charge is 2.52. The van der Waals surface area contributed by atoms with E-state index in [2.05, 4.69) is 37.5 Å². The van der Waals surface area contributed by atoms with Gasteiger partial charge in [-0.3, -0.25) is 0 Å². The molecule has 0 spiro atoms. The fraction of sp³-hybridized carbons (Fsp3) is 0.810. The Bertz CT molecular complexity index is 678. The van der Waals surface area contributed by atoms with Gasteiger partial charge in [0, 0.05) is 43.5 Å². The molecular weight excluding hydrogens is 367 g/mol. The van der Waals surface area contributed by atoms with Crippen LogP contribution in [0, 0.1) is 5.92 Å². The molecule has 29 heavy (non-hydrogen) atoms. The second kappa shape index (κ2) is 8.14. The summed E-state index contributed by atoms with van der Waals surface area (Å²) in [6.07, 6.45) is 8.59. The molecule has 1 aromatic rings. The topological polar surface area (TPSA) is 71.0 Å². The molecule has 1 unspecified atom stereocenters. The minimum atomic E-state index is -0.422. The zero-order chi connectivity index (χ0) is 20.6. The number of hydrogen-bond acceptors (Lipinski definition) is 7. The molecule has 0 aromatic carbocycles. The molecule has 3 fully saturated rings. The Morgan fingerprint density at radius 1 is 1.14 bits per heavy atom. The van der Waals surface area contributed by atoms with Crippen LogP contribution >= 0.6 is 0 Å². The summed E-state index contributed by atoms with van der Waals surface area (Å²) in [6, 6.07) is 0.561. The highest BCUT2D eigenvalue weighted by atomic mass is 16.7. The number of likely N-dealkylation sites (tertiary alicyclic amines) is 1. The normalized spacial score (nSPS) is 26.7. The molecule has 0 bridgehead atoms. The van der Waals surface area contributed by atoms with Gasteiger partial charge in [-0.1, -0.05) is 0 Å². The molecule has 1 aliphatic carbocycles. The van der Waals surface area contributed by atoms with Crippen LogP contribution in [0.1, 0.15) is 53.4 Å². The van der Waals surface area contributed by atoms with E-state index in [9.17, 15) is 5.11 Å². The first kappa shape index (κ1) is 21.0. The average Bonchev–Trinajstić information content (AvgIpc) is 3.48. The zero-order valence-corrected chi connectivity index (χ0v) is 18.3. The number of hydrogen-bond donors (Lipinski definition) is 1. The van der Waals surface area contributed by atoms with Crippen molar-refractivity contribution in [2.75, 3.05) is 37.7 Å². The van der Waals surface area contributed by atoms with Gasteiger partial charge in [0.1, 0.15) is 0 Å². The first-order chi connectivity index (χ1) is 13.8. The van der Waals surface area contributed by atoms with E-state index in [1.165, 1.54) is 25.7 Å². The second-order valence-corrected chi connectivity index (χ2v) is 9.82. The van der Waals surface area contributed by atoms with Crippen LogP contribution in [0.4, 0.5) is 5.95 Å². The van der Waals surface area contributed by atoms with E-state index in [0.717, 1.165) is 37.6 Å². The predicted molar refractivity (Wildman–Crippen MR) is 114 cm³/mol. The Labute approximate surface area is 174 Å². The van der Waals surface area contributed by atoms with Crippen LogP contribution < -0.4 is 10.4 Å². The van der Waals surface area contributed by atoms with Crippen LogP contribution in [0.2, 0.25) is 0 Å². The van der Waals surface area contributed by atoms with Crippen molar-refractivity contribution in [3.63, 3.8) is 0 Å². The van der Waals surface area contributed by atoms with Crippen LogP contribution in [-0.2, 0) is 9.31 Å². The molecule has 0 amide bonds. The molecule has 8 heteroatoms. The molecule has 160 valence electrons. The quantitative estimate of drug-likeness (QED) is 0.693. The SMILES string of the molecule is CC1(C)OB(c2cnc(N(CC3CCCN(CCO)C3)C3CC3)nc2)OC1(C)C. The minimum absolute atomic E-state index is 0.239. The number of β-amino-alcohol motifs (C(OH)–C–C–N with tert-alkyl or cyclic N) is 1. The molecule has 3 heterocycles. The van der Waals surface area contributed by atoms with Crippen molar-refractivity contribution in [1.82, 2.24) is 14.9 Å². The standard InChI is InChI=1S/C21H35BN4O3/c1-20(2)21(3,4)29-22(28-20)17-12-23-19(24-13-17)26(18-7-8-18)15-16-6-5-9-25(14-16)10-11-27/h12-13,16,18,27H,5-11,14-15H2,1-4H3. The number of nitrogens with zero attached hydrogens (tertiary/aromatic N) is 4. The first-order valence-electron chi connectivity index (χ1n) is 11.1. The number of aliphatic hydroxyl groups is 1. The van der Waals surface area contributed by atoms with Gasteiger partial charge in [0.15, 0.2) is 0 Å². The van der Waals surface area contributed by atoms with Crippen LogP contribution in [-0.4, -0.2) is 77.1 Å². The van der Waals surface area contributed by atoms with Crippen LogP contribution in [0.5, 0.6) is 0 Å². The Morgan fingerprint density at radius 3 is 2.38 bits per heavy atom. The Hall–Kier alpha value is -1.22. The predicted octanol–water partition coefficient (Wildman–Crippen LogP) is 1.45. The van der Waals surface area contributed by atoms with E-state index in [4.69, 9.17) is 19.3 Å². The monoisotopic (exact) mass is 402 g/mol. The Morgan fingerprint density at radius 2 is 1.79 bits per heavy atom. The van der Waals surface area contributed by atoms with E-state index in [1.54, 1.807) is 0 Å². The van der Waals surface area contributed by atoms with Gasteiger partial charge in [0.25, 0.3) is 0 Å². The van der Waals surface area contributed by atoms with E-state index in [-0.39, 0.29) is 17.8 Å². The van der Waals surface area contributed by atoms with E-state index >= 15 is 0 Å². The molecule has 2 aliphatic heterocycles. The lowest BCUT2D eigenvalue weighted by atomic mass is 9.81. The lowest BCUT2D eigenvalue weighted by Crippen LogP contribution is -2.43. The van der Waals surface area contributed by atoms with Gasteiger partial charge in [-0.2, -0.15) is 0 Å². The summed E-state index contributed by atoms with van der Waals surface area (Å²) >= 11 is 0. The number of aliphatic hydroxyl groups excluding tert-OH is 1. The summed E-state index contributed by atoms with van der Waals surface area (Å²) in [5.74, 6) is 1.41. The molecule has 1 saturated carbocycles. The smallest absolute Gasteiger partial charge is 0.399 e. The summed E-state index contributed by atoms with van der Waals surface area (Å²) in [6.45, 7) is 12.4. The Kier molecular flexibility index (Phi) is 5.90. The fourth-order valence-corrected chi connectivity index (χ4v) is 4.28. The molecule has 2 saturated heterocycles. The maximum absolute atomic E-state index is 9.25. The third-order valence-electron chi connectivity index (χ3n) is 6.90. The summed E-state index contributed by atoms with van der Waals surface area (Å²) in [5, 5.41) is 9.25. The third-order valence-corrected chi connectivity index (χ3v) is 6.90. The van der Waals surface area contributed by atoms with Gasteiger partial charge in [-0.25, -0.2) is 9.97 Å². The Balaban J connectivity index is 1.43. The maximum Gasteiger partial charge on any atom is 0.498 e. The summed E-state index contributed by atoms with van der Waals surface area (Å²) in [4.78, 5) is 14.2. The second-order valence-electron chi connectivity index (χ2n) is 9.82. The van der Waals surface area contributed by atoms with E-state index < -0.39 is 7.12 Å². The van der Waals surface area contributed by atoms with Crippen LogP contribution in [0.15, 0.2) is 12.4 Å². The third kappa shape index (κ3) is 4.60. The summed E-state index contributed by atoms with van der Waals surface area (Å²) in [5.41, 5.74) is 0.144. The number of piperidine rings is 1. The van der Waals surface area contributed by atoms with Crippen molar-refractivity contribution < 1.29 is 14.4 Å². The summed E-state index contributed by atoms with van der Waals surface area (Å²) < 4.78 is 12.2. The van der Waals surface area contributed by atoms with Crippen molar-refractivity contribution in [3.8, 4) is 0 Å². The summed E-state index contributed by atoms with van der Waals surface area (Å²) in [7, 11) is -0.422. The molecule has 7 nitrogen and oxygen atoms in total. The van der Waals surface area contributed by atoms with Gasteiger partial charge >= 0.3 is 7.12 Å². The number of aromatic nitrogens is 2. The average molecular weight is 402 g/mol. The molecule has 1 aromatic heterocycles. The lowest BCUT2D eigenvalue weighted by Gasteiger charge is -2.35. The highest BCUT2D eigenvalue weighted by molar-refractivity contribution is 6.61. The van der Waals surface area contributed by atoms with Gasteiger partial charge in [-0.15, -0.1) is 0 Å². The fourth-order valence-electron chi connectivity index (χ4n) is 4.28. The molecular formula is C21H35BN4O3. The molecule has 1 N–H and O–H groups in total. The molecule has 3 aliphatic rings. The maximum atomic E-state index is 9.25. The van der Waals surface area contributed by atoms with E-state index in [0.29, 0.717) is 12.0 Å². The molecule has 1 atom stereocenters. The van der Waals surface area contributed by atoms with Gasteiger partial charge in [-0.05, 0) is 65.8 Å². The molecule has 4 rings (SSSR count). The van der Waals surface area contributed by atoms with Gasteiger partial charge in [0.2, 0.25) is 5.95 Å². The van der Waals surface area contributed by atoms with Crippen LogP contribution in [0.3, 0.4) is 0 Å². The zero-order valence-electron chi connectivity index (χ0n) is 18.3. The highest BCUT2D eigenvalue weighted by Crippen LogP contribution is 2.36. The van der Waals surface area contributed by atoms with Crippen molar-refractivity contribution in [1.29, 1.82) is 0 Å². The minimum Gasteiger partial charge on any atom is -0.399 e. The van der Waals surface area contributed by atoms with Crippen molar-refractivity contribution >= 4 is 18.5 Å². The van der Waals surface area contributed by atoms with Gasteiger partial charge < -0.3 is 24.2 Å². The lowest BCUT2D eigenvalue weighted by molar-refractivity contribution is 0.00578. The van der Waals surface area contributed by atoms with Crippen LogP contribution in [0.25, 0.3) is 0 Å².